The Morgan fingerprint density at radius 2 is 2.14 bits per heavy atom. The summed E-state index contributed by atoms with van der Waals surface area (Å²) in [6.45, 7) is 6.44. The van der Waals surface area contributed by atoms with Crippen molar-refractivity contribution < 1.29 is 23.8 Å². The first-order valence-electron chi connectivity index (χ1n) is 7.95. The molecule has 0 N–H and O–H groups in total. The van der Waals surface area contributed by atoms with Crippen LogP contribution in [-0.2, 0) is 23.8 Å². The molecule has 21 heavy (non-hydrogen) atoms. The zero-order valence-electron chi connectivity index (χ0n) is 13.0. The van der Waals surface area contributed by atoms with Crippen LogP contribution in [0.2, 0.25) is 0 Å². The summed E-state index contributed by atoms with van der Waals surface area (Å²) in [7, 11) is 0. The standard InChI is InChI=1S/C16H24O5/c1-4-16(2,3)19-6-5-12(17)20-13-9-7-10-11(8-9)15(18)21-14(10)13/h9-11,13-14H,4-8H2,1-3H3. The quantitative estimate of drug-likeness (QED) is 0.702. The Labute approximate surface area is 125 Å². The monoisotopic (exact) mass is 296 g/mol. The van der Waals surface area contributed by atoms with Gasteiger partial charge in [0.25, 0.3) is 0 Å². The van der Waals surface area contributed by atoms with Crippen molar-refractivity contribution in [3.63, 3.8) is 0 Å². The second-order valence-electron chi connectivity index (χ2n) is 7.07. The molecule has 2 saturated carbocycles. The second-order valence-corrected chi connectivity index (χ2v) is 7.07. The summed E-state index contributed by atoms with van der Waals surface area (Å²) in [5.41, 5.74) is -0.207. The van der Waals surface area contributed by atoms with Crippen LogP contribution in [0.15, 0.2) is 0 Å². The van der Waals surface area contributed by atoms with E-state index in [2.05, 4.69) is 6.92 Å². The summed E-state index contributed by atoms with van der Waals surface area (Å²) < 4.78 is 16.6. The average molecular weight is 296 g/mol. The maximum Gasteiger partial charge on any atom is 0.309 e. The number of fused-ring (bicyclic) bond motifs is 1. The van der Waals surface area contributed by atoms with Crippen LogP contribution in [0.1, 0.15) is 46.5 Å². The van der Waals surface area contributed by atoms with Crippen LogP contribution in [0.5, 0.6) is 0 Å². The van der Waals surface area contributed by atoms with E-state index in [0.717, 1.165) is 19.3 Å². The van der Waals surface area contributed by atoms with Crippen LogP contribution in [0.25, 0.3) is 0 Å². The molecule has 3 rings (SSSR count). The van der Waals surface area contributed by atoms with Gasteiger partial charge in [0.1, 0.15) is 12.2 Å². The van der Waals surface area contributed by atoms with Crippen LogP contribution < -0.4 is 0 Å². The smallest absolute Gasteiger partial charge is 0.309 e. The zero-order chi connectivity index (χ0) is 15.2. The van der Waals surface area contributed by atoms with Gasteiger partial charge >= 0.3 is 11.9 Å². The molecular weight excluding hydrogens is 272 g/mol. The van der Waals surface area contributed by atoms with Crippen LogP contribution in [0, 0.1) is 17.8 Å². The highest BCUT2D eigenvalue weighted by atomic mass is 16.6. The first-order valence-corrected chi connectivity index (χ1v) is 7.95. The van der Waals surface area contributed by atoms with E-state index < -0.39 is 0 Å². The Kier molecular flexibility index (Phi) is 3.72. The van der Waals surface area contributed by atoms with Gasteiger partial charge in [-0.05, 0) is 33.1 Å². The largest absolute Gasteiger partial charge is 0.458 e. The number of hydrogen-bond acceptors (Lipinski definition) is 5. The second kappa shape index (κ2) is 5.27. The lowest BCUT2D eigenvalue weighted by atomic mass is 9.88. The molecule has 5 unspecified atom stereocenters. The van der Waals surface area contributed by atoms with Gasteiger partial charge in [0, 0.05) is 11.8 Å². The van der Waals surface area contributed by atoms with Gasteiger partial charge in [-0.1, -0.05) is 6.92 Å². The van der Waals surface area contributed by atoms with Crippen molar-refractivity contribution in [1.29, 1.82) is 0 Å². The summed E-state index contributed by atoms with van der Waals surface area (Å²) >= 11 is 0. The minimum Gasteiger partial charge on any atom is -0.458 e. The van der Waals surface area contributed by atoms with Crippen LogP contribution in [0.3, 0.4) is 0 Å². The van der Waals surface area contributed by atoms with E-state index >= 15 is 0 Å². The van der Waals surface area contributed by atoms with E-state index in [1.807, 2.05) is 13.8 Å². The van der Waals surface area contributed by atoms with Gasteiger partial charge in [0.2, 0.25) is 0 Å². The van der Waals surface area contributed by atoms with Crippen molar-refractivity contribution in [2.45, 2.75) is 64.3 Å². The van der Waals surface area contributed by atoms with E-state index in [9.17, 15) is 9.59 Å². The Bertz CT molecular complexity index is 444. The Balaban J connectivity index is 1.47. The Morgan fingerprint density at radius 1 is 1.38 bits per heavy atom. The molecule has 2 aliphatic carbocycles. The maximum atomic E-state index is 12.0. The SMILES string of the molecule is CCC(C)(C)OCCC(=O)OC1C2CC3C(=O)OC1C3C2. The summed E-state index contributed by atoms with van der Waals surface area (Å²) in [6, 6.07) is 0. The molecule has 1 aliphatic heterocycles. The van der Waals surface area contributed by atoms with Gasteiger partial charge in [-0.2, -0.15) is 0 Å². The lowest BCUT2D eigenvalue weighted by molar-refractivity contribution is -0.163. The van der Waals surface area contributed by atoms with Gasteiger partial charge in [0.15, 0.2) is 0 Å². The predicted octanol–water partition coefficient (Wildman–Crippen LogP) is 2.07. The molecule has 2 bridgehead atoms. The molecule has 118 valence electrons. The van der Waals surface area contributed by atoms with Crippen LogP contribution in [-0.4, -0.2) is 36.4 Å². The van der Waals surface area contributed by atoms with E-state index in [-0.39, 0.29) is 48.0 Å². The van der Waals surface area contributed by atoms with Crippen molar-refractivity contribution in [3.05, 3.63) is 0 Å². The lowest BCUT2D eigenvalue weighted by Gasteiger charge is -2.26. The van der Waals surface area contributed by atoms with E-state index in [4.69, 9.17) is 14.2 Å². The molecule has 5 atom stereocenters. The van der Waals surface area contributed by atoms with Gasteiger partial charge in [-0.25, -0.2) is 0 Å². The highest BCUT2D eigenvalue weighted by Crippen LogP contribution is 2.55. The van der Waals surface area contributed by atoms with Gasteiger partial charge in [-0.15, -0.1) is 0 Å². The highest BCUT2D eigenvalue weighted by molar-refractivity contribution is 5.77. The fourth-order valence-electron chi connectivity index (χ4n) is 3.79. The summed E-state index contributed by atoms with van der Waals surface area (Å²) in [5.74, 6) is 0.283. The normalized spacial score (nSPS) is 36.9. The molecule has 5 nitrogen and oxygen atoms in total. The van der Waals surface area contributed by atoms with Crippen molar-refractivity contribution >= 4 is 11.9 Å². The maximum absolute atomic E-state index is 12.0. The molecule has 0 spiro atoms. The molecule has 0 aromatic heterocycles. The molecule has 0 aromatic carbocycles. The number of hydrogen-bond donors (Lipinski definition) is 0. The lowest BCUT2D eigenvalue weighted by Crippen LogP contribution is -2.36. The average Bonchev–Trinajstić information content (AvgIpc) is 3.03. The van der Waals surface area contributed by atoms with E-state index in [1.54, 1.807) is 0 Å². The van der Waals surface area contributed by atoms with Crippen molar-refractivity contribution in [2.24, 2.45) is 17.8 Å². The van der Waals surface area contributed by atoms with Gasteiger partial charge < -0.3 is 14.2 Å². The summed E-state index contributed by atoms with van der Waals surface area (Å²) in [6.07, 6.45) is 2.49. The minimum absolute atomic E-state index is 0.0589. The number of ether oxygens (including phenoxy) is 3. The molecule has 5 heteroatoms. The Morgan fingerprint density at radius 3 is 2.86 bits per heavy atom. The topological polar surface area (TPSA) is 61.8 Å². The fraction of sp³-hybridized carbons (Fsp3) is 0.875. The predicted molar refractivity (Wildman–Crippen MR) is 74.4 cm³/mol. The first kappa shape index (κ1) is 14.8. The van der Waals surface area contributed by atoms with Crippen molar-refractivity contribution in [3.8, 4) is 0 Å². The third kappa shape index (κ3) is 2.68. The number of carbonyl (C=O) groups excluding carboxylic acids is 2. The minimum atomic E-state index is -0.251. The zero-order valence-corrected chi connectivity index (χ0v) is 13.0. The molecular formula is C16H24O5. The third-order valence-electron chi connectivity index (χ3n) is 5.33. The molecule has 1 heterocycles. The van der Waals surface area contributed by atoms with E-state index in [1.165, 1.54) is 0 Å². The highest BCUT2D eigenvalue weighted by Gasteiger charge is 2.63. The number of rotatable bonds is 6. The molecule has 1 saturated heterocycles. The summed E-state index contributed by atoms with van der Waals surface area (Å²) in [4.78, 5) is 23.6. The van der Waals surface area contributed by atoms with Crippen molar-refractivity contribution in [1.82, 2.24) is 0 Å². The molecule has 0 aromatic rings. The van der Waals surface area contributed by atoms with Gasteiger partial charge in [0.05, 0.1) is 24.5 Å². The van der Waals surface area contributed by atoms with Gasteiger partial charge in [-0.3, -0.25) is 9.59 Å². The Hall–Kier alpha value is -1.10. The molecule has 0 amide bonds. The van der Waals surface area contributed by atoms with Crippen molar-refractivity contribution in [2.75, 3.05) is 6.61 Å². The first-order chi connectivity index (χ1) is 9.91. The number of esters is 2. The summed E-state index contributed by atoms with van der Waals surface area (Å²) in [5, 5.41) is 0. The van der Waals surface area contributed by atoms with E-state index in [0.29, 0.717) is 12.5 Å². The molecule has 3 fully saturated rings. The van der Waals surface area contributed by atoms with Crippen LogP contribution in [0.4, 0.5) is 0 Å². The van der Waals surface area contributed by atoms with Crippen LogP contribution >= 0.6 is 0 Å². The third-order valence-corrected chi connectivity index (χ3v) is 5.33. The molecule has 0 radical (unpaired) electrons. The number of carbonyl (C=O) groups is 2. The molecule has 3 aliphatic rings. The fourth-order valence-corrected chi connectivity index (χ4v) is 3.79.